The van der Waals surface area contributed by atoms with Crippen molar-refractivity contribution in [1.82, 2.24) is 0 Å². The molecule has 1 N–H and O–H groups in total. The number of nitrogens with zero attached hydrogens (tertiary/aromatic N) is 1. The largest absolute Gasteiger partial charge is 0.497 e. The van der Waals surface area contributed by atoms with Crippen molar-refractivity contribution in [1.29, 1.82) is 0 Å². The topological polar surface area (TPSA) is 49.8 Å². The van der Waals surface area contributed by atoms with Crippen LogP contribution in [0.3, 0.4) is 0 Å². The number of benzene rings is 4. The molecule has 0 saturated carbocycles. The van der Waals surface area contributed by atoms with Crippen molar-refractivity contribution >= 4 is 22.4 Å². The third kappa shape index (κ3) is 4.13. The van der Waals surface area contributed by atoms with Crippen molar-refractivity contribution in [2.45, 2.75) is 13.1 Å². The number of aromatic carboxylic acids is 1. The summed E-state index contributed by atoms with van der Waals surface area (Å²) >= 11 is 0. The summed E-state index contributed by atoms with van der Waals surface area (Å²) in [6, 6.07) is 29.7. The van der Waals surface area contributed by atoms with Gasteiger partial charge in [-0.2, -0.15) is 0 Å². The Morgan fingerprint density at radius 2 is 1.40 bits per heavy atom. The SMILES string of the molecule is COc1ccc2c(C(=O)O)ccc(N(Cc3ccccc3)Cc3ccccc3)c2c1. The standard InChI is InChI=1S/C26H23NO3/c1-30-21-12-13-22-23(26(28)29)14-15-25(24(22)16-21)27(17-19-8-4-2-5-9-19)18-20-10-6-3-7-11-20/h2-16H,17-18H2,1H3,(H,28,29). The van der Waals surface area contributed by atoms with Gasteiger partial charge in [0.05, 0.1) is 12.7 Å². The Morgan fingerprint density at radius 3 is 1.93 bits per heavy atom. The van der Waals surface area contributed by atoms with Gasteiger partial charge in [-0.3, -0.25) is 0 Å². The number of carboxylic acids is 1. The fourth-order valence-corrected chi connectivity index (χ4v) is 3.74. The van der Waals surface area contributed by atoms with E-state index in [1.807, 2.05) is 54.6 Å². The smallest absolute Gasteiger partial charge is 0.336 e. The number of ether oxygens (including phenoxy) is 1. The predicted molar refractivity (Wildman–Crippen MR) is 120 cm³/mol. The summed E-state index contributed by atoms with van der Waals surface area (Å²) in [5, 5.41) is 11.2. The lowest BCUT2D eigenvalue weighted by molar-refractivity contribution is 0.0699. The predicted octanol–water partition coefficient (Wildman–Crippen LogP) is 5.75. The first-order valence-electron chi connectivity index (χ1n) is 9.82. The molecule has 0 aliphatic rings. The lowest BCUT2D eigenvalue weighted by atomic mass is 10.0. The van der Waals surface area contributed by atoms with Gasteiger partial charge in [-0.25, -0.2) is 4.79 Å². The summed E-state index contributed by atoms with van der Waals surface area (Å²) < 4.78 is 5.43. The van der Waals surface area contributed by atoms with Crippen molar-refractivity contribution in [2.24, 2.45) is 0 Å². The Hall–Kier alpha value is -3.79. The van der Waals surface area contributed by atoms with Gasteiger partial charge in [-0.15, -0.1) is 0 Å². The molecule has 4 aromatic carbocycles. The van der Waals surface area contributed by atoms with Gasteiger partial charge in [0.1, 0.15) is 5.75 Å². The second-order valence-electron chi connectivity index (χ2n) is 7.18. The molecule has 150 valence electrons. The van der Waals surface area contributed by atoms with E-state index in [0.717, 1.165) is 11.1 Å². The summed E-state index contributed by atoms with van der Waals surface area (Å²) in [5.74, 6) is -0.236. The van der Waals surface area contributed by atoms with Crippen LogP contribution in [0, 0.1) is 0 Å². The third-order valence-corrected chi connectivity index (χ3v) is 5.20. The van der Waals surface area contributed by atoms with Crippen LogP contribution in [0.25, 0.3) is 10.8 Å². The Kier molecular flexibility index (Phi) is 5.66. The number of anilines is 1. The van der Waals surface area contributed by atoms with Crippen LogP contribution in [0.4, 0.5) is 5.69 Å². The quantitative estimate of drug-likeness (QED) is 0.431. The molecule has 0 saturated heterocycles. The maximum atomic E-state index is 11.8. The molecule has 0 bridgehead atoms. The van der Waals surface area contributed by atoms with E-state index in [-0.39, 0.29) is 5.56 Å². The van der Waals surface area contributed by atoms with Gasteiger partial charge in [-0.1, -0.05) is 60.7 Å². The third-order valence-electron chi connectivity index (χ3n) is 5.20. The number of hydrogen-bond donors (Lipinski definition) is 1. The molecule has 0 aliphatic carbocycles. The van der Waals surface area contributed by atoms with Crippen LogP contribution in [0.15, 0.2) is 91.0 Å². The van der Waals surface area contributed by atoms with Gasteiger partial charge in [0, 0.05) is 24.2 Å². The molecular formula is C26H23NO3. The molecule has 4 rings (SSSR count). The lowest BCUT2D eigenvalue weighted by Crippen LogP contribution is -2.22. The average molecular weight is 397 g/mol. The van der Waals surface area contributed by atoms with Gasteiger partial charge < -0.3 is 14.7 Å². The molecular weight excluding hydrogens is 374 g/mol. The first-order valence-corrected chi connectivity index (χ1v) is 9.82. The molecule has 0 radical (unpaired) electrons. The van der Waals surface area contributed by atoms with Gasteiger partial charge in [0.2, 0.25) is 0 Å². The van der Waals surface area contributed by atoms with Gasteiger partial charge in [0.15, 0.2) is 0 Å². The highest BCUT2D eigenvalue weighted by Gasteiger charge is 2.17. The van der Waals surface area contributed by atoms with E-state index in [1.54, 1.807) is 19.2 Å². The van der Waals surface area contributed by atoms with Crippen LogP contribution in [0.1, 0.15) is 21.5 Å². The minimum absolute atomic E-state index is 0.288. The summed E-state index contributed by atoms with van der Waals surface area (Å²) in [6.07, 6.45) is 0. The molecule has 0 fully saturated rings. The zero-order chi connectivity index (χ0) is 20.9. The molecule has 0 atom stereocenters. The van der Waals surface area contributed by atoms with E-state index in [9.17, 15) is 9.90 Å². The highest BCUT2D eigenvalue weighted by atomic mass is 16.5. The zero-order valence-electron chi connectivity index (χ0n) is 16.8. The number of fused-ring (bicyclic) bond motifs is 1. The van der Waals surface area contributed by atoms with Gasteiger partial charge in [0.25, 0.3) is 0 Å². The van der Waals surface area contributed by atoms with Crippen molar-refractivity contribution in [3.05, 3.63) is 108 Å². The normalized spacial score (nSPS) is 10.7. The Balaban J connectivity index is 1.86. The molecule has 0 heterocycles. The molecule has 4 nitrogen and oxygen atoms in total. The first kappa shape index (κ1) is 19.5. The van der Waals surface area contributed by atoms with Crippen LogP contribution in [0.5, 0.6) is 5.75 Å². The van der Waals surface area contributed by atoms with E-state index in [1.165, 1.54) is 11.1 Å². The van der Waals surface area contributed by atoms with Crippen LogP contribution >= 0.6 is 0 Å². The second kappa shape index (κ2) is 8.70. The molecule has 4 heteroatoms. The van der Waals surface area contributed by atoms with E-state index in [2.05, 4.69) is 29.2 Å². The first-order chi connectivity index (χ1) is 14.7. The maximum Gasteiger partial charge on any atom is 0.336 e. The number of methoxy groups -OCH3 is 1. The molecule has 4 aromatic rings. The molecule has 0 aliphatic heterocycles. The Bertz CT molecular complexity index is 1120. The van der Waals surface area contributed by atoms with Gasteiger partial charge >= 0.3 is 5.97 Å². The monoisotopic (exact) mass is 397 g/mol. The van der Waals surface area contributed by atoms with E-state index in [4.69, 9.17) is 4.74 Å². The van der Waals surface area contributed by atoms with Gasteiger partial charge in [-0.05, 0) is 46.8 Å². The summed E-state index contributed by atoms with van der Waals surface area (Å²) in [5.41, 5.74) is 3.64. The number of carboxylic acid groups (broad SMARTS) is 1. The Morgan fingerprint density at radius 1 is 0.800 bits per heavy atom. The summed E-state index contributed by atoms with van der Waals surface area (Å²) in [7, 11) is 1.62. The Labute approximate surface area is 176 Å². The molecule has 0 aromatic heterocycles. The number of carbonyl (C=O) groups is 1. The fraction of sp³-hybridized carbons (Fsp3) is 0.115. The van der Waals surface area contributed by atoms with Crippen molar-refractivity contribution < 1.29 is 14.6 Å². The summed E-state index contributed by atoms with van der Waals surface area (Å²) in [4.78, 5) is 14.1. The zero-order valence-corrected chi connectivity index (χ0v) is 16.8. The molecule has 30 heavy (non-hydrogen) atoms. The molecule has 0 amide bonds. The number of hydrogen-bond acceptors (Lipinski definition) is 3. The van der Waals surface area contributed by atoms with E-state index >= 15 is 0 Å². The minimum atomic E-state index is -0.936. The second-order valence-corrected chi connectivity index (χ2v) is 7.18. The molecule has 0 unspecified atom stereocenters. The fourth-order valence-electron chi connectivity index (χ4n) is 3.74. The highest BCUT2D eigenvalue weighted by molar-refractivity contribution is 6.08. The maximum absolute atomic E-state index is 11.8. The van der Waals surface area contributed by atoms with Crippen molar-refractivity contribution in [3.63, 3.8) is 0 Å². The highest BCUT2D eigenvalue weighted by Crippen LogP contribution is 2.34. The van der Waals surface area contributed by atoms with Crippen molar-refractivity contribution in [3.8, 4) is 5.75 Å². The van der Waals surface area contributed by atoms with Crippen LogP contribution < -0.4 is 9.64 Å². The average Bonchev–Trinajstić information content (AvgIpc) is 2.78. The lowest BCUT2D eigenvalue weighted by Gasteiger charge is -2.27. The van der Waals surface area contributed by atoms with Crippen molar-refractivity contribution in [2.75, 3.05) is 12.0 Å². The molecule has 0 spiro atoms. The van der Waals surface area contributed by atoms with E-state index in [0.29, 0.717) is 24.2 Å². The van der Waals surface area contributed by atoms with Crippen LogP contribution in [-0.2, 0) is 13.1 Å². The van der Waals surface area contributed by atoms with Crippen LogP contribution in [0.2, 0.25) is 0 Å². The minimum Gasteiger partial charge on any atom is -0.497 e. The summed E-state index contributed by atoms with van der Waals surface area (Å²) in [6.45, 7) is 1.41. The van der Waals surface area contributed by atoms with E-state index < -0.39 is 5.97 Å². The van der Waals surface area contributed by atoms with Crippen LogP contribution in [-0.4, -0.2) is 18.2 Å². The number of rotatable bonds is 7.